The Morgan fingerprint density at radius 2 is 2.06 bits per heavy atom. The summed E-state index contributed by atoms with van der Waals surface area (Å²) >= 11 is 5.80. The zero-order valence-electron chi connectivity index (χ0n) is 8.95. The number of hydrogen-bond acceptors (Lipinski definition) is 3. The molecule has 0 bridgehead atoms. The molecule has 0 saturated carbocycles. The molecule has 2 aromatic rings. The largest absolute Gasteiger partial charge is 0.417 e. The van der Waals surface area contributed by atoms with Gasteiger partial charge in [-0.15, -0.1) is 0 Å². The summed E-state index contributed by atoms with van der Waals surface area (Å²) in [5.74, 6) is 0.631. The molecule has 2 heterocycles. The van der Waals surface area contributed by atoms with Gasteiger partial charge in [0, 0.05) is 18.6 Å². The predicted octanol–water partition coefficient (Wildman–Crippen LogP) is 2.40. The number of alkyl halides is 3. The zero-order chi connectivity index (χ0) is 13.3. The van der Waals surface area contributed by atoms with Gasteiger partial charge in [0.15, 0.2) is 5.82 Å². The minimum Gasteiger partial charge on any atom is -0.324 e. The summed E-state index contributed by atoms with van der Waals surface area (Å²) in [5, 5.41) is -0.113. The molecule has 0 aliphatic rings. The number of nitrogens with two attached hydrogens (primary N) is 1. The SMILES string of the molecule is NCc1nccn1-c1ncc(C(F)(F)F)cc1Cl. The maximum atomic E-state index is 12.4. The van der Waals surface area contributed by atoms with Gasteiger partial charge in [0.1, 0.15) is 5.82 Å². The van der Waals surface area contributed by atoms with E-state index in [-0.39, 0.29) is 17.4 Å². The van der Waals surface area contributed by atoms with Crippen molar-refractivity contribution in [1.82, 2.24) is 14.5 Å². The van der Waals surface area contributed by atoms with Crippen LogP contribution in [0, 0.1) is 0 Å². The first-order chi connectivity index (χ1) is 8.43. The Labute approximate surface area is 105 Å². The number of pyridine rings is 1. The highest BCUT2D eigenvalue weighted by Gasteiger charge is 2.31. The van der Waals surface area contributed by atoms with Crippen molar-refractivity contribution in [2.24, 2.45) is 5.73 Å². The second-order valence-corrected chi connectivity index (χ2v) is 3.85. The maximum Gasteiger partial charge on any atom is 0.417 e. The second kappa shape index (κ2) is 4.58. The Hall–Kier alpha value is -1.60. The highest BCUT2D eigenvalue weighted by atomic mass is 35.5. The predicted molar refractivity (Wildman–Crippen MR) is 59.3 cm³/mol. The molecule has 0 spiro atoms. The van der Waals surface area contributed by atoms with Crippen molar-refractivity contribution in [3.63, 3.8) is 0 Å². The van der Waals surface area contributed by atoms with Crippen molar-refractivity contribution in [1.29, 1.82) is 0 Å². The van der Waals surface area contributed by atoms with E-state index in [1.807, 2.05) is 0 Å². The average molecular weight is 277 g/mol. The van der Waals surface area contributed by atoms with Crippen LogP contribution < -0.4 is 5.73 Å². The van der Waals surface area contributed by atoms with Crippen LogP contribution in [-0.4, -0.2) is 14.5 Å². The molecular weight excluding hydrogens is 269 g/mol. The number of nitrogens with zero attached hydrogens (tertiary/aromatic N) is 3. The maximum absolute atomic E-state index is 12.4. The minimum absolute atomic E-state index is 0.113. The first-order valence-electron chi connectivity index (χ1n) is 4.89. The van der Waals surface area contributed by atoms with Crippen LogP contribution in [-0.2, 0) is 12.7 Å². The van der Waals surface area contributed by atoms with E-state index in [4.69, 9.17) is 17.3 Å². The molecule has 2 rings (SSSR count). The third-order valence-electron chi connectivity index (χ3n) is 2.28. The van der Waals surface area contributed by atoms with Crippen LogP contribution in [0.4, 0.5) is 13.2 Å². The van der Waals surface area contributed by atoms with Crippen molar-refractivity contribution in [2.75, 3.05) is 0 Å². The molecule has 0 saturated heterocycles. The van der Waals surface area contributed by atoms with Crippen molar-refractivity contribution < 1.29 is 13.2 Å². The summed E-state index contributed by atoms with van der Waals surface area (Å²) in [6.07, 6.45) is -0.746. The highest BCUT2D eigenvalue weighted by Crippen LogP contribution is 2.32. The van der Waals surface area contributed by atoms with Gasteiger partial charge in [-0.05, 0) is 6.07 Å². The summed E-state index contributed by atoms with van der Waals surface area (Å²) in [6, 6.07) is 0.824. The number of halogens is 4. The van der Waals surface area contributed by atoms with Gasteiger partial charge in [-0.25, -0.2) is 9.97 Å². The van der Waals surface area contributed by atoms with Crippen molar-refractivity contribution in [3.8, 4) is 5.82 Å². The quantitative estimate of drug-likeness (QED) is 0.916. The van der Waals surface area contributed by atoms with Gasteiger partial charge in [0.05, 0.1) is 17.1 Å². The van der Waals surface area contributed by atoms with E-state index in [1.165, 1.54) is 17.0 Å². The smallest absolute Gasteiger partial charge is 0.324 e. The Morgan fingerprint density at radius 1 is 1.33 bits per heavy atom. The molecule has 2 N–H and O–H groups in total. The summed E-state index contributed by atoms with van der Waals surface area (Å²) in [5.41, 5.74) is 4.55. The molecule has 0 aromatic carbocycles. The van der Waals surface area contributed by atoms with Gasteiger partial charge in [0.2, 0.25) is 0 Å². The van der Waals surface area contributed by atoms with Crippen molar-refractivity contribution >= 4 is 11.6 Å². The fourth-order valence-corrected chi connectivity index (χ4v) is 1.70. The van der Waals surface area contributed by atoms with E-state index in [0.717, 1.165) is 12.3 Å². The topological polar surface area (TPSA) is 56.7 Å². The van der Waals surface area contributed by atoms with Crippen LogP contribution in [0.2, 0.25) is 5.02 Å². The molecule has 0 radical (unpaired) electrons. The highest BCUT2D eigenvalue weighted by molar-refractivity contribution is 6.32. The minimum atomic E-state index is -4.47. The third-order valence-corrected chi connectivity index (χ3v) is 2.56. The molecular formula is C10H8ClF3N4. The van der Waals surface area contributed by atoms with Crippen LogP contribution in [0.25, 0.3) is 5.82 Å². The first-order valence-corrected chi connectivity index (χ1v) is 5.26. The fourth-order valence-electron chi connectivity index (χ4n) is 1.44. The van der Waals surface area contributed by atoms with Gasteiger partial charge in [-0.1, -0.05) is 11.6 Å². The van der Waals surface area contributed by atoms with Gasteiger partial charge in [0.25, 0.3) is 0 Å². The second-order valence-electron chi connectivity index (χ2n) is 3.44. The zero-order valence-corrected chi connectivity index (χ0v) is 9.70. The first kappa shape index (κ1) is 12.8. The molecule has 4 nitrogen and oxygen atoms in total. The normalized spacial score (nSPS) is 11.8. The number of aromatic nitrogens is 3. The summed E-state index contributed by atoms with van der Waals surface area (Å²) in [6.45, 7) is 0.131. The Bertz CT molecular complexity index is 564. The molecule has 8 heteroatoms. The van der Waals surface area contributed by atoms with Crippen LogP contribution in [0.3, 0.4) is 0 Å². The molecule has 18 heavy (non-hydrogen) atoms. The lowest BCUT2D eigenvalue weighted by Gasteiger charge is -2.10. The van der Waals surface area contributed by atoms with Crippen LogP contribution >= 0.6 is 11.6 Å². The van der Waals surface area contributed by atoms with Gasteiger partial charge in [-0.2, -0.15) is 13.2 Å². The fraction of sp³-hybridized carbons (Fsp3) is 0.200. The van der Waals surface area contributed by atoms with Crippen LogP contribution in [0.1, 0.15) is 11.4 Å². The molecule has 0 unspecified atom stereocenters. The van der Waals surface area contributed by atoms with Gasteiger partial charge in [-0.3, -0.25) is 4.57 Å². The summed E-state index contributed by atoms with van der Waals surface area (Å²) in [7, 11) is 0. The van der Waals surface area contributed by atoms with Crippen LogP contribution in [0.15, 0.2) is 24.7 Å². The van der Waals surface area contributed by atoms with Crippen molar-refractivity contribution in [2.45, 2.75) is 12.7 Å². The summed E-state index contributed by atoms with van der Waals surface area (Å²) < 4.78 is 38.8. The van der Waals surface area contributed by atoms with Crippen molar-refractivity contribution in [3.05, 3.63) is 41.1 Å². The molecule has 2 aromatic heterocycles. The average Bonchev–Trinajstić information content (AvgIpc) is 2.75. The van der Waals surface area contributed by atoms with E-state index in [1.54, 1.807) is 0 Å². The summed E-state index contributed by atoms with van der Waals surface area (Å²) in [4.78, 5) is 7.65. The molecule has 0 atom stereocenters. The number of imidazole rings is 1. The Kier molecular flexibility index (Phi) is 3.27. The molecule has 0 fully saturated rings. The van der Waals surface area contributed by atoms with Crippen LogP contribution in [0.5, 0.6) is 0 Å². The van der Waals surface area contributed by atoms with Gasteiger partial charge < -0.3 is 5.73 Å². The number of hydrogen-bond donors (Lipinski definition) is 1. The molecule has 0 amide bonds. The Balaban J connectivity index is 2.48. The van der Waals surface area contributed by atoms with E-state index >= 15 is 0 Å². The van der Waals surface area contributed by atoms with Gasteiger partial charge >= 0.3 is 6.18 Å². The van der Waals surface area contributed by atoms with E-state index in [2.05, 4.69) is 9.97 Å². The Morgan fingerprint density at radius 3 is 2.61 bits per heavy atom. The third kappa shape index (κ3) is 2.32. The lowest BCUT2D eigenvalue weighted by Crippen LogP contribution is -2.10. The standard InChI is InChI=1S/C10H8ClF3N4/c11-7-3-6(10(12,13)14)5-17-9(7)18-2-1-16-8(18)4-15/h1-3,5H,4,15H2. The lowest BCUT2D eigenvalue weighted by atomic mass is 10.3. The lowest BCUT2D eigenvalue weighted by molar-refractivity contribution is -0.137. The van der Waals surface area contributed by atoms with E-state index < -0.39 is 11.7 Å². The van der Waals surface area contributed by atoms with E-state index in [0.29, 0.717) is 5.82 Å². The molecule has 0 aliphatic carbocycles. The van der Waals surface area contributed by atoms with E-state index in [9.17, 15) is 13.2 Å². The molecule has 0 aliphatic heterocycles. The molecule has 96 valence electrons. The number of rotatable bonds is 2. The monoisotopic (exact) mass is 276 g/mol.